The van der Waals surface area contributed by atoms with Gasteiger partial charge in [0.05, 0.1) is 18.3 Å². The molecular formula is C31H39N3O4. The van der Waals surface area contributed by atoms with E-state index in [1.807, 2.05) is 99.6 Å². The summed E-state index contributed by atoms with van der Waals surface area (Å²) in [6.07, 6.45) is -1.10. The number of amides is 1. The fourth-order valence-corrected chi connectivity index (χ4v) is 4.54. The minimum atomic E-state index is -0.688. The number of aliphatic hydroxyl groups excluding tert-OH is 1. The summed E-state index contributed by atoms with van der Waals surface area (Å²) in [6.45, 7) is 9.90. The van der Waals surface area contributed by atoms with E-state index in [0.29, 0.717) is 13.1 Å². The number of ether oxygens (including phenoxy) is 2. The van der Waals surface area contributed by atoms with Crippen molar-refractivity contribution >= 4 is 11.8 Å². The molecule has 1 atom stereocenters. The number of hydrogen-bond acceptors (Lipinski definition) is 6. The van der Waals surface area contributed by atoms with Gasteiger partial charge in [0.2, 0.25) is 0 Å². The van der Waals surface area contributed by atoms with E-state index in [2.05, 4.69) is 15.9 Å². The molecule has 3 aromatic carbocycles. The minimum Gasteiger partial charge on any atom is -0.455 e. The van der Waals surface area contributed by atoms with Crippen molar-refractivity contribution in [3.63, 3.8) is 0 Å². The standard InChI is InChI=1S/C31H39N3O4/c1-31(2,3)38-30(36)34(22-25-12-6-4-7-13-25)24-26(35)23-32-18-20-33(21-19-32)28-16-10-11-17-29(28)37-27-14-8-5-9-15-27/h4-17,26,35H,18-24H2,1-3H3. The predicted octanol–water partition coefficient (Wildman–Crippen LogP) is 5.40. The fraction of sp³-hybridized carbons (Fsp3) is 0.387. The lowest BCUT2D eigenvalue weighted by atomic mass is 10.2. The van der Waals surface area contributed by atoms with Gasteiger partial charge < -0.3 is 24.4 Å². The summed E-state index contributed by atoms with van der Waals surface area (Å²) in [4.78, 5) is 19.1. The zero-order chi connectivity index (χ0) is 27.0. The van der Waals surface area contributed by atoms with E-state index in [1.165, 1.54) is 0 Å². The topological polar surface area (TPSA) is 65.5 Å². The minimum absolute atomic E-state index is 0.206. The van der Waals surface area contributed by atoms with Gasteiger partial charge in [-0.05, 0) is 50.6 Å². The summed E-state index contributed by atoms with van der Waals surface area (Å²) < 4.78 is 11.8. The number of aliphatic hydroxyl groups is 1. The third-order valence-corrected chi connectivity index (χ3v) is 6.32. The summed E-state index contributed by atoms with van der Waals surface area (Å²) >= 11 is 0. The van der Waals surface area contributed by atoms with Crippen LogP contribution in [0.2, 0.25) is 0 Å². The molecule has 0 saturated carbocycles. The van der Waals surface area contributed by atoms with Crippen molar-refractivity contribution < 1.29 is 19.4 Å². The van der Waals surface area contributed by atoms with E-state index in [-0.39, 0.29) is 6.54 Å². The number of β-amino-alcohol motifs (C(OH)–C–C–N with tert-alkyl or cyclic N) is 1. The Morgan fingerprint density at radius 3 is 2.16 bits per heavy atom. The summed E-state index contributed by atoms with van der Waals surface area (Å²) in [6, 6.07) is 27.7. The number of benzene rings is 3. The average molecular weight is 518 g/mol. The molecule has 0 radical (unpaired) electrons. The van der Waals surface area contributed by atoms with Crippen LogP contribution >= 0.6 is 0 Å². The van der Waals surface area contributed by atoms with Gasteiger partial charge in [0.15, 0.2) is 5.75 Å². The third kappa shape index (κ3) is 8.23. The molecule has 1 saturated heterocycles. The Bertz CT molecular complexity index is 1140. The lowest BCUT2D eigenvalue weighted by Gasteiger charge is -2.38. The van der Waals surface area contributed by atoms with Gasteiger partial charge in [0.1, 0.15) is 11.4 Å². The van der Waals surface area contributed by atoms with Crippen LogP contribution in [-0.4, -0.2) is 72.0 Å². The molecule has 1 aliphatic rings. The van der Waals surface area contributed by atoms with Crippen LogP contribution in [0.1, 0.15) is 26.3 Å². The summed E-state index contributed by atoms with van der Waals surface area (Å²) in [5, 5.41) is 11.0. The first-order valence-corrected chi connectivity index (χ1v) is 13.3. The molecule has 1 amide bonds. The molecule has 7 heteroatoms. The molecule has 1 aliphatic heterocycles. The van der Waals surface area contributed by atoms with Gasteiger partial charge in [-0.2, -0.15) is 0 Å². The normalized spacial score (nSPS) is 15.1. The number of carbonyl (C=O) groups is 1. The molecule has 1 unspecified atom stereocenters. The Kier molecular flexibility index (Phi) is 9.26. The highest BCUT2D eigenvalue weighted by atomic mass is 16.6. The zero-order valence-electron chi connectivity index (χ0n) is 22.6. The van der Waals surface area contributed by atoms with E-state index in [4.69, 9.17) is 9.47 Å². The highest BCUT2D eigenvalue weighted by molar-refractivity contribution is 5.68. The molecule has 1 fully saturated rings. The number of piperazine rings is 1. The van der Waals surface area contributed by atoms with Crippen LogP contribution in [0.25, 0.3) is 0 Å². The Balaban J connectivity index is 1.33. The summed E-state index contributed by atoms with van der Waals surface area (Å²) in [5.74, 6) is 1.65. The molecule has 0 aliphatic carbocycles. The first-order chi connectivity index (χ1) is 18.3. The second-order valence-corrected chi connectivity index (χ2v) is 10.7. The number of nitrogens with zero attached hydrogens (tertiary/aromatic N) is 3. The highest BCUT2D eigenvalue weighted by Crippen LogP contribution is 2.32. The first-order valence-electron chi connectivity index (χ1n) is 13.3. The molecule has 38 heavy (non-hydrogen) atoms. The monoisotopic (exact) mass is 517 g/mol. The highest BCUT2D eigenvalue weighted by Gasteiger charge is 2.27. The van der Waals surface area contributed by atoms with Gasteiger partial charge in [0.25, 0.3) is 0 Å². The Hall–Kier alpha value is -3.55. The molecule has 1 heterocycles. The van der Waals surface area contributed by atoms with Gasteiger partial charge in [-0.15, -0.1) is 0 Å². The van der Waals surface area contributed by atoms with Crippen LogP contribution in [-0.2, 0) is 11.3 Å². The van der Waals surface area contributed by atoms with Gasteiger partial charge >= 0.3 is 6.09 Å². The van der Waals surface area contributed by atoms with Gasteiger partial charge in [-0.1, -0.05) is 60.7 Å². The van der Waals surface area contributed by atoms with E-state index < -0.39 is 17.8 Å². The molecule has 0 aromatic heterocycles. The number of carbonyl (C=O) groups excluding carboxylic acids is 1. The number of rotatable bonds is 9. The number of anilines is 1. The average Bonchev–Trinajstić information content (AvgIpc) is 2.89. The van der Waals surface area contributed by atoms with Crippen LogP contribution < -0.4 is 9.64 Å². The van der Waals surface area contributed by atoms with E-state index in [9.17, 15) is 9.90 Å². The Labute approximate surface area is 226 Å². The van der Waals surface area contributed by atoms with Gasteiger partial charge in [-0.25, -0.2) is 4.79 Å². The maximum atomic E-state index is 12.9. The van der Waals surface area contributed by atoms with Crippen molar-refractivity contribution in [2.24, 2.45) is 0 Å². The van der Waals surface area contributed by atoms with Gasteiger partial charge in [0, 0.05) is 39.3 Å². The van der Waals surface area contributed by atoms with Crippen LogP contribution in [0.15, 0.2) is 84.9 Å². The lowest BCUT2D eigenvalue weighted by Crippen LogP contribution is -2.50. The maximum absolute atomic E-state index is 12.9. The SMILES string of the molecule is CC(C)(C)OC(=O)N(Cc1ccccc1)CC(O)CN1CCN(c2ccccc2Oc2ccccc2)CC1. The van der Waals surface area contributed by atoms with Crippen molar-refractivity contribution in [1.82, 2.24) is 9.80 Å². The number of para-hydroxylation sites is 3. The Morgan fingerprint density at radius 2 is 1.50 bits per heavy atom. The molecule has 0 bridgehead atoms. The van der Waals surface area contributed by atoms with Crippen molar-refractivity contribution in [2.45, 2.75) is 39.0 Å². The van der Waals surface area contributed by atoms with Crippen LogP contribution in [0.5, 0.6) is 11.5 Å². The van der Waals surface area contributed by atoms with Crippen molar-refractivity contribution in [3.8, 4) is 11.5 Å². The second-order valence-electron chi connectivity index (χ2n) is 10.7. The van der Waals surface area contributed by atoms with Crippen LogP contribution in [0.3, 0.4) is 0 Å². The Morgan fingerprint density at radius 1 is 0.895 bits per heavy atom. The quantitative estimate of drug-likeness (QED) is 0.410. The maximum Gasteiger partial charge on any atom is 0.410 e. The third-order valence-electron chi connectivity index (χ3n) is 6.32. The fourth-order valence-electron chi connectivity index (χ4n) is 4.54. The zero-order valence-corrected chi connectivity index (χ0v) is 22.6. The van der Waals surface area contributed by atoms with Crippen molar-refractivity contribution in [3.05, 3.63) is 90.5 Å². The lowest BCUT2D eigenvalue weighted by molar-refractivity contribution is 0.00810. The summed E-state index contributed by atoms with van der Waals surface area (Å²) in [5.41, 5.74) is 1.46. The van der Waals surface area contributed by atoms with Crippen molar-refractivity contribution in [2.75, 3.05) is 44.2 Å². The predicted molar refractivity (Wildman–Crippen MR) is 151 cm³/mol. The molecule has 202 valence electrons. The second kappa shape index (κ2) is 12.8. The van der Waals surface area contributed by atoms with Crippen molar-refractivity contribution in [1.29, 1.82) is 0 Å². The molecule has 4 rings (SSSR count). The smallest absolute Gasteiger partial charge is 0.410 e. The molecular weight excluding hydrogens is 478 g/mol. The van der Waals surface area contributed by atoms with Crippen LogP contribution in [0.4, 0.5) is 10.5 Å². The van der Waals surface area contributed by atoms with Gasteiger partial charge in [-0.3, -0.25) is 4.90 Å². The molecule has 1 N–H and O–H groups in total. The molecule has 0 spiro atoms. The van der Waals surface area contributed by atoms with E-state index >= 15 is 0 Å². The first kappa shape index (κ1) is 27.5. The molecule has 7 nitrogen and oxygen atoms in total. The van der Waals surface area contributed by atoms with E-state index in [1.54, 1.807) is 4.90 Å². The van der Waals surface area contributed by atoms with E-state index in [0.717, 1.165) is 48.9 Å². The van der Waals surface area contributed by atoms with Crippen LogP contribution in [0, 0.1) is 0 Å². The number of hydrogen-bond donors (Lipinski definition) is 1. The summed E-state index contributed by atoms with van der Waals surface area (Å²) in [7, 11) is 0. The molecule has 3 aromatic rings. The largest absolute Gasteiger partial charge is 0.455 e.